The highest BCUT2D eigenvalue weighted by Crippen LogP contribution is 2.58. The Bertz CT molecular complexity index is 482. The first kappa shape index (κ1) is 18.1. The first-order valence-corrected chi connectivity index (χ1v) is 9.10. The number of methoxy groups -OCH3 is 1. The summed E-state index contributed by atoms with van der Waals surface area (Å²) in [5, 5.41) is 0. The van der Waals surface area contributed by atoms with Gasteiger partial charge in [-0.15, -0.1) is 0 Å². The summed E-state index contributed by atoms with van der Waals surface area (Å²) in [4.78, 5) is 12.8. The van der Waals surface area contributed by atoms with Gasteiger partial charge in [-0.2, -0.15) is 0 Å². The highest BCUT2D eigenvalue weighted by atomic mass is 16.7. The molecule has 1 spiro atoms. The van der Waals surface area contributed by atoms with E-state index in [1.165, 1.54) is 5.57 Å². The van der Waals surface area contributed by atoms with Crippen molar-refractivity contribution in [3.8, 4) is 0 Å². The number of carbonyl (C=O) groups excluding carboxylic acids is 1. The third kappa shape index (κ3) is 3.07. The van der Waals surface area contributed by atoms with Crippen LogP contribution >= 0.6 is 0 Å². The summed E-state index contributed by atoms with van der Waals surface area (Å²) in [7, 11) is 1.63. The molecular weight excluding hydrogens is 308 g/mol. The zero-order chi connectivity index (χ0) is 17.2. The van der Waals surface area contributed by atoms with Gasteiger partial charge in [0.05, 0.1) is 25.7 Å². The van der Waals surface area contributed by atoms with Crippen LogP contribution in [0.2, 0.25) is 0 Å². The van der Waals surface area contributed by atoms with Crippen LogP contribution in [0, 0.1) is 17.3 Å². The Morgan fingerprint density at radius 1 is 1.25 bits per heavy atom. The van der Waals surface area contributed by atoms with Crippen molar-refractivity contribution in [3.63, 3.8) is 0 Å². The molecule has 0 radical (unpaired) electrons. The number of allylic oxidation sites excluding steroid dienone is 1. The van der Waals surface area contributed by atoms with Crippen molar-refractivity contribution < 1.29 is 23.7 Å². The number of rotatable bonds is 5. The van der Waals surface area contributed by atoms with E-state index in [0.717, 1.165) is 32.1 Å². The minimum atomic E-state index is -0.703. The monoisotopic (exact) mass is 338 g/mol. The molecule has 3 atom stereocenters. The van der Waals surface area contributed by atoms with Crippen LogP contribution in [0.15, 0.2) is 12.2 Å². The van der Waals surface area contributed by atoms with E-state index in [2.05, 4.69) is 13.5 Å². The van der Waals surface area contributed by atoms with Crippen LogP contribution in [-0.2, 0) is 23.7 Å². The number of carbonyl (C=O) groups is 1. The molecule has 5 nitrogen and oxygen atoms in total. The van der Waals surface area contributed by atoms with Crippen molar-refractivity contribution in [2.75, 3.05) is 33.7 Å². The molecule has 2 unspecified atom stereocenters. The summed E-state index contributed by atoms with van der Waals surface area (Å²) in [5.74, 6) is -0.254. The van der Waals surface area contributed by atoms with Gasteiger partial charge in [0, 0.05) is 20.0 Å². The van der Waals surface area contributed by atoms with Crippen LogP contribution in [0.1, 0.15) is 45.4 Å². The Morgan fingerprint density at radius 3 is 2.71 bits per heavy atom. The van der Waals surface area contributed by atoms with E-state index in [4.69, 9.17) is 18.9 Å². The van der Waals surface area contributed by atoms with Crippen LogP contribution in [-0.4, -0.2) is 45.3 Å². The summed E-state index contributed by atoms with van der Waals surface area (Å²) in [6.07, 6.45) is 4.79. The number of ether oxygens (including phenoxy) is 4. The average molecular weight is 338 g/mol. The van der Waals surface area contributed by atoms with Gasteiger partial charge in [0.25, 0.3) is 0 Å². The van der Waals surface area contributed by atoms with E-state index in [9.17, 15) is 4.79 Å². The second kappa shape index (κ2) is 7.24. The van der Waals surface area contributed by atoms with Gasteiger partial charge in [-0.3, -0.25) is 4.79 Å². The molecular formula is C19H30O5. The molecule has 3 rings (SSSR count). The van der Waals surface area contributed by atoms with E-state index in [1.54, 1.807) is 7.11 Å². The minimum Gasteiger partial charge on any atom is -0.359 e. The van der Waals surface area contributed by atoms with Gasteiger partial charge in [0.1, 0.15) is 12.6 Å². The number of ketones is 1. The highest BCUT2D eigenvalue weighted by Gasteiger charge is 2.59. The molecule has 0 amide bonds. The van der Waals surface area contributed by atoms with Gasteiger partial charge in [-0.05, 0) is 37.0 Å². The maximum Gasteiger partial charge on any atom is 0.178 e. The van der Waals surface area contributed by atoms with E-state index in [-0.39, 0.29) is 11.3 Å². The topological polar surface area (TPSA) is 54.0 Å². The summed E-state index contributed by atoms with van der Waals surface area (Å²) in [5.41, 5.74) is 1.19. The standard InChI is InChI=1S/C19H30O5/c1-14-5-4-6-17(20)16-12-18(14,7-8-22-13-21-3)15(2)11-19(16)23-9-10-24-19/h15-16H,1,4-13H2,2-3H3/t15-,16?,18?/m0/s1. The zero-order valence-corrected chi connectivity index (χ0v) is 15.0. The van der Waals surface area contributed by atoms with Crippen molar-refractivity contribution in [1.82, 2.24) is 0 Å². The molecule has 3 aliphatic rings. The van der Waals surface area contributed by atoms with Crippen LogP contribution in [0.3, 0.4) is 0 Å². The Hall–Kier alpha value is -0.750. The van der Waals surface area contributed by atoms with Gasteiger partial charge in [0.15, 0.2) is 5.79 Å². The SMILES string of the molecule is C=C1CCCC(=O)C2CC1(CCOCOC)[C@@H](C)CC21OCCO1. The Morgan fingerprint density at radius 2 is 2.00 bits per heavy atom. The van der Waals surface area contributed by atoms with Crippen molar-refractivity contribution in [2.45, 2.75) is 51.2 Å². The second-order valence-electron chi connectivity index (χ2n) is 7.51. The molecule has 1 saturated heterocycles. The first-order chi connectivity index (χ1) is 11.5. The molecule has 5 heteroatoms. The Labute approximate surface area is 144 Å². The second-order valence-corrected chi connectivity index (χ2v) is 7.51. The Balaban J connectivity index is 1.86. The molecule has 136 valence electrons. The van der Waals surface area contributed by atoms with Gasteiger partial charge in [-0.25, -0.2) is 0 Å². The molecule has 0 N–H and O–H groups in total. The minimum absolute atomic E-state index is 0.0744. The number of hydrogen-bond acceptors (Lipinski definition) is 5. The molecule has 1 aliphatic heterocycles. The maximum atomic E-state index is 12.8. The van der Waals surface area contributed by atoms with E-state index >= 15 is 0 Å². The predicted octanol–water partition coefficient (Wildman–Crippen LogP) is 3.08. The van der Waals surface area contributed by atoms with E-state index in [0.29, 0.717) is 44.7 Å². The van der Waals surface area contributed by atoms with Crippen molar-refractivity contribution >= 4 is 5.78 Å². The summed E-state index contributed by atoms with van der Waals surface area (Å²) >= 11 is 0. The summed E-state index contributed by atoms with van der Waals surface area (Å²) in [6, 6.07) is 0. The normalized spacial score (nSPS) is 35.9. The van der Waals surface area contributed by atoms with Crippen LogP contribution in [0.5, 0.6) is 0 Å². The Kier molecular flexibility index (Phi) is 5.45. The van der Waals surface area contributed by atoms with Crippen molar-refractivity contribution in [3.05, 3.63) is 12.2 Å². The maximum absolute atomic E-state index is 12.8. The molecule has 24 heavy (non-hydrogen) atoms. The predicted molar refractivity (Wildman–Crippen MR) is 89.4 cm³/mol. The van der Waals surface area contributed by atoms with Crippen LogP contribution in [0.25, 0.3) is 0 Å². The van der Waals surface area contributed by atoms with E-state index in [1.807, 2.05) is 0 Å². The van der Waals surface area contributed by atoms with Crippen LogP contribution < -0.4 is 0 Å². The van der Waals surface area contributed by atoms with Crippen LogP contribution in [0.4, 0.5) is 0 Å². The average Bonchev–Trinajstić information content (AvgIpc) is 3.01. The molecule has 0 aromatic carbocycles. The fourth-order valence-corrected chi connectivity index (χ4v) is 4.95. The van der Waals surface area contributed by atoms with Gasteiger partial charge in [-0.1, -0.05) is 19.1 Å². The van der Waals surface area contributed by atoms with Crippen molar-refractivity contribution in [1.29, 1.82) is 0 Å². The largest absolute Gasteiger partial charge is 0.359 e. The molecule has 2 saturated carbocycles. The lowest BCUT2D eigenvalue weighted by Gasteiger charge is -2.54. The van der Waals surface area contributed by atoms with Gasteiger partial charge >= 0.3 is 0 Å². The zero-order valence-electron chi connectivity index (χ0n) is 15.0. The smallest absolute Gasteiger partial charge is 0.178 e. The fraction of sp³-hybridized carbons (Fsp3) is 0.842. The lowest BCUT2D eigenvalue weighted by Crippen LogP contribution is -2.55. The molecule has 1 heterocycles. The highest BCUT2D eigenvalue weighted by molar-refractivity contribution is 5.82. The third-order valence-electron chi connectivity index (χ3n) is 6.30. The number of hydrogen-bond donors (Lipinski definition) is 0. The van der Waals surface area contributed by atoms with Gasteiger partial charge < -0.3 is 18.9 Å². The molecule has 2 aliphatic carbocycles. The number of Topliss-reactive ketones (excluding diaryl/α,β-unsaturated/α-hetero) is 1. The molecule has 0 aromatic rings. The van der Waals surface area contributed by atoms with E-state index < -0.39 is 5.79 Å². The number of fused-ring (bicyclic) bond motifs is 3. The lowest BCUT2D eigenvalue weighted by atomic mass is 9.54. The first-order valence-electron chi connectivity index (χ1n) is 9.10. The van der Waals surface area contributed by atoms with Gasteiger partial charge in [0.2, 0.25) is 0 Å². The molecule has 0 aromatic heterocycles. The fourth-order valence-electron chi connectivity index (χ4n) is 4.95. The lowest BCUT2D eigenvalue weighted by molar-refractivity contribution is -0.236. The molecule has 3 fully saturated rings. The quantitative estimate of drug-likeness (QED) is 0.438. The summed E-state index contributed by atoms with van der Waals surface area (Å²) < 4.78 is 22.6. The molecule has 2 bridgehead atoms. The summed E-state index contributed by atoms with van der Waals surface area (Å²) in [6.45, 7) is 8.75. The van der Waals surface area contributed by atoms with Crippen molar-refractivity contribution in [2.24, 2.45) is 17.3 Å². The third-order valence-corrected chi connectivity index (χ3v) is 6.30.